The molecule has 1 N–H and O–H groups in total. The molecule has 5 nitrogen and oxygen atoms in total. The Kier molecular flexibility index (Phi) is 6.12. The van der Waals surface area contributed by atoms with E-state index in [0.29, 0.717) is 22.9 Å². The number of anilines is 2. The topological polar surface area (TPSA) is 59.0 Å². The molecule has 4 rings (SSSR count). The van der Waals surface area contributed by atoms with Gasteiger partial charge >= 0.3 is 5.97 Å². The van der Waals surface area contributed by atoms with Crippen LogP contribution in [0.3, 0.4) is 0 Å². The van der Waals surface area contributed by atoms with Crippen LogP contribution in [0.15, 0.2) is 72.4 Å². The lowest BCUT2D eigenvalue weighted by Gasteiger charge is -2.32. The van der Waals surface area contributed by atoms with Crippen molar-refractivity contribution >= 4 is 28.9 Å². The van der Waals surface area contributed by atoms with Crippen molar-refractivity contribution in [2.24, 2.45) is 0 Å². The maximum atomic E-state index is 14.1. The molecule has 32 heavy (non-hydrogen) atoms. The summed E-state index contributed by atoms with van der Waals surface area (Å²) >= 11 is 5.98. The van der Waals surface area contributed by atoms with Crippen molar-refractivity contribution in [2.45, 2.75) is 13.0 Å². The number of nitrogens with zero attached hydrogens (tertiary/aromatic N) is 1. The van der Waals surface area contributed by atoms with Gasteiger partial charge in [-0.3, -0.25) is 0 Å². The van der Waals surface area contributed by atoms with Crippen LogP contribution in [-0.4, -0.2) is 17.7 Å². The molecule has 0 saturated heterocycles. The predicted molar refractivity (Wildman–Crippen MR) is 116 cm³/mol. The molecule has 3 aromatic rings. The number of hydrogen-bond acceptors (Lipinski definition) is 5. The molecule has 1 unspecified atom stereocenters. The number of carbonyl (C=O) groups is 1. The molecule has 0 spiro atoms. The highest BCUT2D eigenvalue weighted by molar-refractivity contribution is 6.31. The third-order valence-corrected chi connectivity index (χ3v) is 5.15. The maximum absolute atomic E-state index is 14.1. The van der Waals surface area contributed by atoms with Crippen LogP contribution in [0.2, 0.25) is 5.02 Å². The Bertz CT molecular complexity index is 1180. The SMILES string of the molecule is CCOC(=O)C1=CN(c2ccc(Oc3ccc(F)cc3)cc2)c2cc(Cl)c(F)cc2C1O. The number of rotatable bonds is 5. The lowest BCUT2D eigenvalue weighted by molar-refractivity contribution is -0.139. The van der Waals surface area contributed by atoms with E-state index in [0.717, 1.165) is 6.07 Å². The zero-order valence-corrected chi connectivity index (χ0v) is 17.6. The Labute approximate surface area is 188 Å². The summed E-state index contributed by atoms with van der Waals surface area (Å²) in [5.74, 6) is -0.806. The molecule has 0 amide bonds. The van der Waals surface area contributed by atoms with Crippen molar-refractivity contribution < 1.29 is 28.2 Å². The van der Waals surface area contributed by atoms with Crippen LogP contribution in [-0.2, 0) is 9.53 Å². The monoisotopic (exact) mass is 457 g/mol. The van der Waals surface area contributed by atoms with Crippen molar-refractivity contribution in [3.05, 3.63) is 94.7 Å². The first-order chi connectivity index (χ1) is 15.4. The Hall–Kier alpha value is -3.42. The Balaban J connectivity index is 1.70. The van der Waals surface area contributed by atoms with E-state index in [-0.39, 0.29) is 28.6 Å². The third-order valence-electron chi connectivity index (χ3n) is 4.86. The normalized spacial score (nSPS) is 15.1. The number of esters is 1. The number of aliphatic hydroxyl groups excluding tert-OH is 1. The highest BCUT2D eigenvalue weighted by Gasteiger charge is 2.32. The summed E-state index contributed by atoms with van der Waals surface area (Å²) < 4.78 is 37.9. The number of halogens is 3. The molecule has 0 radical (unpaired) electrons. The highest BCUT2D eigenvalue weighted by atomic mass is 35.5. The van der Waals surface area contributed by atoms with Gasteiger partial charge in [0.1, 0.15) is 29.2 Å². The zero-order valence-electron chi connectivity index (χ0n) is 16.9. The van der Waals surface area contributed by atoms with Crippen molar-refractivity contribution in [2.75, 3.05) is 11.5 Å². The molecule has 1 aliphatic heterocycles. The molecule has 1 heterocycles. The molecule has 0 aromatic heterocycles. The average Bonchev–Trinajstić information content (AvgIpc) is 2.78. The summed E-state index contributed by atoms with van der Waals surface area (Å²) in [5.41, 5.74) is 1.18. The number of hydrogen-bond donors (Lipinski definition) is 1. The smallest absolute Gasteiger partial charge is 0.338 e. The van der Waals surface area contributed by atoms with E-state index in [1.807, 2.05) is 0 Å². The van der Waals surface area contributed by atoms with Gasteiger partial charge in [-0.1, -0.05) is 11.6 Å². The predicted octanol–water partition coefficient (Wildman–Crippen LogP) is 6.04. The number of aliphatic hydroxyl groups is 1. The molecule has 3 aromatic carbocycles. The Morgan fingerprint density at radius 1 is 1.06 bits per heavy atom. The summed E-state index contributed by atoms with van der Waals surface area (Å²) in [6, 6.07) is 14.9. The van der Waals surface area contributed by atoms with Crippen LogP contribution >= 0.6 is 11.6 Å². The van der Waals surface area contributed by atoms with E-state index in [1.165, 1.54) is 36.5 Å². The first-order valence-electron chi connectivity index (χ1n) is 9.76. The lowest BCUT2D eigenvalue weighted by Crippen LogP contribution is -2.25. The van der Waals surface area contributed by atoms with Crippen molar-refractivity contribution in [3.63, 3.8) is 0 Å². The number of fused-ring (bicyclic) bond motifs is 1. The summed E-state index contributed by atoms with van der Waals surface area (Å²) in [7, 11) is 0. The lowest BCUT2D eigenvalue weighted by atomic mass is 9.95. The maximum Gasteiger partial charge on any atom is 0.338 e. The van der Waals surface area contributed by atoms with E-state index >= 15 is 0 Å². The van der Waals surface area contributed by atoms with Crippen LogP contribution in [0, 0.1) is 11.6 Å². The van der Waals surface area contributed by atoms with Gasteiger partial charge in [0.05, 0.1) is 22.9 Å². The van der Waals surface area contributed by atoms with E-state index in [1.54, 1.807) is 36.1 Å². The van der Waals surface area contributed by atoms with E-state index in [2.05, 4.69) is 0 Å². The van der Waals surface area contributed by atoms with Crippen LogP contribution < -0.4 is 9.64 Å². The summed E-state index contributed by atoms with van der Waals surface area (Å²) in [5, 5.41) is 10.6. The largest absolute Gasteiger partial charge is 0.463 e. The fourth-order valence-electron chi connectivity index (χ4n) is 3.33. The summed E-state index contributed by atoms with van der Waals surface area (Å²) in [4.78, 5) is 14.0. The van der Waals surface area contributed by atoms with E-state index in [4.69, 9.17) is 21.1 Å². The molecule has 0 fully saturated rings. The average molecular weight is 458 g/mol. The molecule has 0 bridgehead atoms. The number of carbonyl (C=O) groups excluding carboxylic acids is 1. The van der Waals surface area contributed by atoms with Crippen LogP contribution in [0.25, 0.3) is 0 Å². The van der Waals surface area contributed by atoms with Gasteiger partial charge in [-0.25, -0.2) is 13.6 Å². The minimum atomic E-state index is -1.37. The van der Waals surface area contributed by atoms with Gasteiger partial charge in [0.15, 0.2) is 0 Å². The molecular formula is C24H18ClF2NO4. The van der Waals surface area contributed by atoms with E-state index < -0.39 is 17.9 Å². The Morgan fingerprint density at radius 2 is 1.69 bits per heavy atom. The first-order valence-corrected chi connectivity index (χ1v) is 10.1. The van der Waals surface area contributed by atoms with Crippen molar-refractivity contribution in [3.8, 4) is 11.5 Å². The fraction of sp³-hybridized carbons (Fsp3) is 0.125. The minimum Gasteiger partial charge on any atom is -0.463 e. The van der Waals surface area contributed by atoms with Gasteiger partial charge in [-0.15, -0.1) is 0 Å². The van der Waals surface area contributed by atoms with Crippen LogP contribution in [0.4, 0.5) is 20.2 Å². The van der Waals surface area contributed by atoms with Gasteiger partial charge < -0.3 is 19.5 Å². The first kappa shape index (κ1) is 21.8. The quantitative estimate of drug-likeness (QED) is 0.473. The molecule has 164 valence electrons. The highest BCUT2D eigenvalue weighted by Crippen LogP contribution is 2.43. The zero-order chi connectivity index (χ0) is 22.8. The Morgan fingerprint density at radius 3 is 2.31 bits per heavy atom. The second kappa shape index (κ2) is 8.98. The van der Waals surface area contributed by atoms with Gasteiger partial charge in [0.2, 0.25) is 0 Å². The molecule has 8 heteroatoms. The van der Waals surface area contributed by atoms with Gasteiger partial charge in [0, 0.05) is 17.5 Å². The summed E-state index contributed by atoms with van der Waals surface area (Å²) in [6.07, 6.45) is 0.0721. The number of ether oxygens (including phenoxy) is 2. The minimum absolute atomic E-state index is 0.0345. The van der Waals surface area contributed by atoms with Gasteiger partial charge in [0.25, 0.3) is 0 Å². The van der Waals surface area contributed by atoms with E-state index in [9.17, 15) is 18.7 Å². The second-order valence-electron chi connectivity index (χ2n) is 6.95. The molecule has 0 saturated carbocycles. The molecule has 1 atom stereocenters. The molecular weight excluding hydrogens is 440 g/mol. The van der Waals surface area contributed by atoms with Crippen LogP contribution in [0.1, 0.15) is 18.6 Å². The van der Waals surface area contributed by atoms with Crippen LogP contribution in [0.5, 0.6) is 11.5 Å². The van der Waals surface area contributed by atoms with Gasteiger partial charge in [-0.05, 0) is 67.6 Å². The van der Waals surface area contributed by atoms with Crippen molar-refractivity contribution in [1.29, 1.82) is 0 Å². The van der Waals surface area contributed by atoms with Crippen molar-refractivity contribution in [1.82, 2.24) is 0 Å². The fourth-order valence-corrected chi connectivity index (χ4v) is 3.49. The molecule has 1 aliphatic rings. The standard InChI is InChI=1S/C24H18ClF2NO4/c1-2-31-24(30)19-13-28(22-12-20(25)21(27)11-18(22)23(19)29)15-5-9-17(10-6-15)32-16-7-3-14(26)4-8-16/h3-13,23,29H,2H2,1H3. The number of benzene rings is 3. The summed E-state index contributed by atoms with van der Waals surface area (Å²) in [6.45, 7) is 1.78. The van der Waals surface area contributed by atoms with Gasteiger partial charge in [-0.2, -0.15) is 0 Å². The second-order valence-corrected chi connectivity index (χ2v) is 7.36. The molecule has 0 aliphatic carbocycles. The third kappa shape index (κ3) is 4.30.